The van der Waals surface area contributed by atoms with E-state index >= 15 is 0 Å². The zero-order valence-corrected chi connectivity index (χ0v) is 12.1. The van der Waals surface area contributed by atoms with Crippen LogP contribution in [0.5, 0.6) is 0 Å². The topological polar surface area (TPSA) is 42.2 Å². The highest BCUT2D eigenvalue weighted by Crippen LogP contribution is 2.21. The lowest BCUT2D eigenvalue weighted by Crippen LogP contribution is -2.31. The summed E-state index contributed by atoms with van der Waals surface area (Å²) >= 11 is 6.92. The number of hydrogen-bond acceptors (Lipinski definition) is 4. The first-order valence-corrected chi connectivity index (χ1v) is 7.33. The fraction of sp³-hybridized carbons (Fsp3) is 0.500. The van der Waals surface area contributed by atoms with Crippen LogP contribution in [0.1, 0.15) is 18.9 Å². The molecule has 0 aliphatic rings. The van der Waals surface area contributed by atoms with Gasteiger partial charge in [-0.05, 0) is 31.4 Å². The second kappa shape index (κ2) is 6.81. The van der Waals surface area contributed by atoms with Gasteiger partial charge in [-0.3, -0.25) is 4.98 Å². The van der Waals surface area contributed by atoms with Crippen molar-refractivity contribution in [1.82, 2.24) is 4.98 Å². The molecular formula is C12H19N3S2. The standard InChI is InChI=1S/C12H19N3S2/c1-9(5-7-17-3)15(2)11-8-14-6-4-10(11)12(13)16/h4,6,8-9H,5,7H2,1-3H3,(H2,13,16). The van der Waals surface area contributed by atoms with E-state index in [1.165, 1.54) is 0 Å². The highest BCUT2D eigenvalue weighted by atomic mass is 32.2. The van der Waals surface area contributed by atoms with Gasteiger partial charge in [0.2, 0.25) is 0 Å². The summed E-state index contributed by atoms with van der Waals surface area (Å²) in [5, 5.41) is 0. The van der Waals surface area contributed by atoms with Crippen molar-refractivity contribution in [2.24, 2.45) is 5.73 Å². The van der Waals surface area contributed by atoms with Crippen LogP contribution in [0, 0.1) is 0 Å². The number of rotatable bonds is 6. The average molecular weight is 269 g/mol. The van der Waals surface area contributed by atoms with E-state index in [1.54, 1.807) is 6.20 Å². The van der Waals surface area contributed by atoms with Crippen molar-refractivity contribution < 1.29 is 0 Å². The van der Waals surface area contributed by atoms with Crippen LogP contribution in [-0.2, 0) is 0 Å². The van der Waals surface area contributed by atoms with Crippen molar-refractivity contribution in [3.8, 4) is 0 Å². The predicted octanol–water partition coefficient (Wildman–Crippen LogP) is 2.29. The van der Waals surface area contributed by atoms with E-state index in [0.29, 0.717) is 11.0 Å². The maximum Gasteiger partial charge on any atom is 0.106 e. The lowest BCUT2D eigenvalue weighted by Gasteiger charge is -2.28. The predicted molar refractivity (Wildman–Crippen MR) is 81.0 cm³/mol. The summed E-state index contributed by atoms with van der Waals surface area (Å²) in [7, 11) is 2.06. The van der Waals surface area contributed by atoms with Crippen molar-refractivity contribution >= 4 is 34.7 Å². The third kappa shape index (κ3) is 3.85. The van der Waals surface area contributed by atoms with Crippen molar-refractivity contribution in [3.63, 3.8) is 0 Å². The summed E-state index contributed by atoms with van der Waals surface area (Å²) in [6.07, 6.45) is 6.79. The van der Waals surface area contributed by atoms with Gasteiger partial charge in [0, 0.05) is 24.8 Å². The van der Waals surface area contributed by atoms with Gasteiger partial charge in [0.1, 0.15) is 4.99 Å². The second-order valence-corrected chi connectivity index (χ2v) is 5.42. The Labute approximate surface area is 113 Å². The molecule has 17 heavy (non-hydrogen) atoms. The Morgan fingerprint density at radius 3 is 2.94 bits per heavy atom. The van der Waals surface area contributed by atoms with E-state index < -0.39 is 0 Å². The molecule has 1 rings (SSSR count). The Bertz CT molecular complexity index is 382. The monoisotopic (exact) mass is 269 g/mol. The Morgan fingerprint density at radius 1 is 1.65 bits per heavy atom. The summed E-state index contributed by atoms with van der Waals surface area (Å²) in [5.74, 6) is 1.15. The van der Waals surface area contributed by atoms with Gasteiger partial charge in [-0.25, -0.2) is 0 Å². The number of nitrogens with two attached hydrogens (primary N) is 1. The Morgan fingerprint density at radius 2 is 2.35 bits per heavy atom. The minimum absolute atomic E-state index is 0.423. The number of hydrogen-bond donors (Lipinski definition) is 1. The van der Waals surface area contributed by atoms with Crippen molar-refractivity contribution in [3.05, 3.63) is 24.0 Å². The summed E-state index contributed by atoms with van der Waals surface area (Å²) in [4.78, 5) is 6.76. The third-order valence-electron chi connectivity index (χ3n) is 2.85. The molecule has 0 saturated carbocycles. The fourth-order valence-corrected chi connectivity index (χ4v) is 2.34. The first-order valence-electron chi connectivity index (χ1n) is 5.53. The van der Waals surface area contributed by atoms with Gasteiger partial charge < -0.3 is 10.6 Å². The molecule has 0 aliphatic carbocycles. The van der Waals surface area contributed by atoms with E-state index in [9.17, 15) is 0 Å². The molecule has 0 aliphatic heterocycles. The minimum Gasteiger partial charge on any atom is -0.389 e. The Balaban J connectivity index is 2.87. The fourth-order valence-electron chi connectivity index (χ4n) is 1.60. The Kier molecular flexibility index (Phi) is 5.71. The number of thioether (sulfide) groups is 1. The van der Waals surface area contributed by atoms with Crippen LogP contribution < -0.4 is 10.6 Å². The number of thiocarbonyl (C=S) groups is 1. The zero-order chi connectivity index (χ0) is 12.8. The van der Waals surface area contributed by atoms with E-state index in [0.717, 1.165) is 23.4 Å². The number of anilines is 1. The van der Waals surface area contributed by atoms with Gasteiger partial charge in [0.15, 0.2) is 0 Å². The smallest absolute Gasteiger partial charge is 0.106 e. The molecule has 1 aromatic heterocycles. The quantitative estimate of drug-likeness (QED) is 0.803. The maximum atomic E-state index is 5.73. The van der Waals surface area contributed by atoms with Gasteiger partial charge in [-0.15, -0.1) is 0 Å². The van der Waals surface area contributed by atoms with Crippen LogP contribution in [0.25, 0.3) is 0 Å². The van der Waals surface area contributed by atoms with Gasteiger partial charge >= 0.3 is 0 Å². The van der Waals surface area contributed by atoms with E-state index in [2.05, 4.69) is 30.1 Å². The number of pyridine rings is 1. The van der Waals surface area contributed by atoms with E-state index in [-0.39, 0.29) is 0 Å². The first-order chi connectivity index (χ1) is 8.07. The number of aromatic nitrogens is 1. The molecule has 0 saturated heterocycles. The molecule has 1 unspecified atom stereocenters. The van der Waals surface area contributed by atoms with Gasteiger partial charge in [0.25, 0.3) is 0 Å². The molecule has 0 spiro atoms. The van der Waals surface area contributed by atoms with Crippen molar-refractivity contribution in [2.45, 2.75) is 19.4 Å². The lowest BCUT2D eigenvalue weighted by molar-refractivity contribution is 0.668. The molecule has 2 N–H and O–H groups in total. The van der Waals surface area contributed by atoms with Crippen molar-refractivity contribution in [2.75, 3.05) is 24.0 Å². The highest BCUT2D eigenvalue weighted by Gasteiger charge is 2.14. The molecule has 0 amide bonds. The van der Waals surface area contributed by atoms with Crippen LogP contribution >= 0.6 is 24.0 Å². The molecule has 5 heteroatoms. The molecular weight excluding hydrogens is 250 g/mol. The largest absolute Gasteiger partial charge is 0.389 e. The molecule has 0 radical (unpaired) electrons. The summed E-state index contributed by atoms with van der Waals surface area (Å²) < 4.78 is 0. The molecule has 1 aromatic rings. The van der Waals surface area contributed by atoms with Crippen LogP contribution in [0.15, 0.2) is 18.5 Å². The van der Waals surface area contributed by atoms with Gasteiger partial charge in [-0.1, -0.05) is 12.2 Å². The Hall–Kier alpha value is -0.810. The van der Waals surface area contributed by atoms with Crippen molar-refractivity contribution in [1.29, 1.82) is 0 Å². The van der Waals surface area contributed by atoms with Crippen LogP contribution in [0.2, 0.25) is 0 Å². The van der Waals surface area contributed by atoms with E-state index in [4.69, 9.17) is 18.0 Å². The number of nitrogens with zero attached hydrogens (tertiary/aromatic N) is 2. The SMILES string of the molecule is CSCCC(C)N(C)c1cnccc1C(N)=S. The summed E-state index contributed by atoms with van der Waals surface area (Å²) in [6.45, 7) is 2.20. The molecule has 94 valence electrons. The first kappa shape index (κ1) is 14.3. The highest BCUT2D eigenvalue weighted by molar-refractivity contribution is 7.98. The molecule has 3 nitrogen and oxygen atoms in total. The van der Waals surface area contributed by atoms with Crippen LogP contribution in [-0.4, -0.2) is 35.1 Å². The lowest BCUT2D eigenvalue weighted by atomic mass is 10.1. The molecule has 1 heterocycles. The van der Waals surface area contributed by atoms with Gasteiger partial charge in [0.05, 0.1) is 11.9 Å². The van der Waals surface area contributed by atoms with E-state index in [1.807, 2.05) is 24.0 Å². The normalized spacial score (nSPS) is 12.2. The molecule has 0 aromatic carbocycles. The molecule has 0 fully saturated rings. The molecule has 0 bridgehead atoms. The average Bonchev–Trinajstić information content (AvgIpc) is 2.34. The molecule has 1 atom stereocenters. The third-order valence-corrected chi connectivity index (χ3v) is 3.71. The van der Waals surface area contributed by atoms with Gasteiger partial charge in [-0.2, -0.15) is 11.8 Å². The summed E-state index contributed by atoms with van der Waals surface area (Å²) in [5.41, 5.74) is 7.63. The van der Waals surface area contributed by atoms with Crippen LogP contribution in [0.3, 0.4) is 0 Å². The van der Waals surface area contributed by atoms with Crippen LogP contribution in [0.4, 0.5) is 5.69 Å². The maximum absolute atomic E-state index is 5.73. The minimum atomic E-state index is 0.423. The second-order valence-electron chi connectivity index (χ2n) is 4.00. The zero-order valence-electron chi connectivity index (χ0n) is 10.5. The summed E-state index contributed by atoms with van der Waals surface area (Å²) in [6, 6.07) is 2.31.